The smallest absolute Gasteiger partial charge is 0.354 e. The van der Waals surface area contributed by atoms with Gasteiger partial charge in [-0.05, 0) is 32.6 Å². The molecule has 0 atom stereocenters. The molecule has 0 aliphatic carbocycles. The maximum absolute atomic E-state index is 12.1. The van der Waals surface area contributed by atoms with Gasteiger partial charge in [0.1, 0.15) is 5.70 Å². The van der Waals surface area contributed by atoms with Crippen molar-refractivity contribution in [2.24, 2.45) is 0 Å². The van der Waals surface area contributed by atoms with Crippen molar-refractivity contribution in [3.05, 3.63) is 11.3 Å². The van der Waals surface area contributed by atoms with Crippen molar-refractivity contribution in [3.63, 3.8) is 0 Å². The average molecular weight is 341 g/mol. The fraction of sp³-hybridized carbons (Fsp3) is 0.765. The Morgan fingerprint density at radius 1 is 1.12 bits per heavy atom. The number of hydrogen-bond acceptors (Lipinski definition) is 7. The van der Waals surface area contributed by atoms with E-state index in [4.69, 9.17) is 18.9 Å². The van der Waals surface area contributed by atoms with E-state index in [0.29, 0.717) is 37.4 Å². The first-order valence-corrected chi connectivity index (χ1v) is 8.43. The Morgan fingerprint density at radius 2 is 1.79 bits per heavy atom. The van der Waals surface area contributed by atoms with Crippen molar-refractivity contribution in [2.45, 2.75) is 44.8 Å². The summed E-state index contributed by atoms with van der Waals surface area (Å²) in [7, 11) is 2.65. The van der Waals surface area contributed by atoms with Crippen LogP contribution < -0.4 is 0 Å². The molecule has 7 nitrogen and oxygen atoms in total. The second-order valence-electron chi connectivity index (χ2n) is 6.19. The molecule has 0 bridgehead atoms. The molecule has 2 aliphatic heterocycles. The van der Waals surface area contributed by atoms with E-state index in [1.165, 1.54) is 14.2 Å². The highest BCUT2D eigenvalue weighted by Gasteiger charge is 2.32. The van der Waals surface area contributed by atoms with Gasteiger partial charge in [0.2, 0.25) is 0 Å². The number of esters is 2. The molecule has 2 rings (SSSR count). The van der Waals surface area contributed by atoms with E-state index in [9.17, 15) is 9.59 Å². The summed E-state index contributed by atoms with van der Waals surface area (Å²) in [6.07, 6.45) is 3.94. The summed E-state index contributed by atoms with van der Waals surface area (Å²) in [6.45, 7) is 4.65. The standard InChI is InChI=1S/C17H27NO6/c1-17(23-11-12-24-17)8-4-5-9-18-10-6-7-13(15(19)21-2)14(18)16(20)22-3/h4-12H2,1-3H3. The minimum Gasteiger partial charge on any atom is -0.466 e. The van der Waals surface area contributed by atoms with Crippen LogP contribution >= 0.6 is 0 Å². The Labute approximate surface area is 142 Å². The van der Waals surface area contributed by atoms with Gasteiger partial charge in [0.05, 0.1) is 33.0 Å². The molecule has 0 saturated carbocycles. The SMILES string of the molecule is COC(=O)C1=C(C(=O)OC)N(CCCCC2(C)OCCO2)CCC1. The van der Waals surface area contributed by atoms with Gasteiger partial charge >= 0.3 is 11.9 Å². The highest BCUT2D eigenvalue weighted by molar-refractivity contribution is 6.00. The first-order chi connectivity index (χ1) is 11.5. The maximum Gasteiger partial charge on any atom is 0.354 e. The number of carbonyl (C=O) groups excluding carboxylic acids is 2. The molecule has 7 heteroatoms. The van der Waals surface area contributed by atoms with Gasteiger partial charge < -0.3 is 23.8 Å². The first kappa shape index (κ1) is 18.7. The molecule has 136 valence electrons. The Balaban J connectivity index is 1.96. The monoisotopic (exact) mass is 341 g/mol. The minimum atomic E-state index is -0.486. The van der Waals surface area contributed by atoms with Crippen LogP contribution in [-0.4, -0.2) is 63.1 Å². The number of rotatable bonds is 7. The molecule has 1 saturated heterocycles. The van der Waals surface area contributed by atoms with E-state index >= 15 is 0 Å². The molecule has 1 fully saturated rings. The molecule has 0 spiro atoms. The van der Waals surface area contributed by atoms with Gasteiger partial charge in [0.15, 0.2) is 5.79 Å². The minimum absolute atomic E-state index is 0.343. The van der Waals surface area contributed by atoms with Gasteiger partial charge in [-0.15, -0.1) is 0 Å². The number of hydrogen-bond donors (Lipinski definition) is 0. The Morgan fingerprint density at radius 3 is 2.42 bits per heavy atom. The molecule has 0 aromatic heterocycles. The van der Waals surface area contributed by atoms with Crippen molar-refractivity contribution >= 4 is 11.9 Å². The second kappa shape index (κ2) is 8.48. The lowest BCUT2D eigenvalue weighted by Crippen LogP contribution is -2.36. The summed E-state index contributed by atoms with van der Waals surface area (Å²) in [5, 5.41) is 0. The largest absolute Gasteiger partial charge is 0.466 e. The molecular formula is C17H27NO6. The molecule has 0 N–H and O–H groups in total. The van der Waals surface area contributed by atoms with E-state index in [1.54, 1.807) is 0 Å². The van der Waals surface area contributed by atoms with Crippen LogP contribution in [0.2, 0.25) is 0 Å². The van der Waals surface area contributed by atoms with E-state index in [0.717, 1.165) is 32.2 Å². The fourth-order valence-corrected chi connectivity index (χ4v) is 3.21. The number of methoxy groups -OCH3 is 2. The summed E-state index contributed by atoms with van der Waals surface area (Å²) in [5.74, 6) is -1.43. The molecule has 0 aromatic rings. The Hall–Kier alpha value is -1.60. The number of carbonyl (C=O) groups is 2. The van der Waals surface area contributed by atoms with Crippen molar-refractivity contribution in [3.8, 4) is 0 Å². The molecule has 0 radical (unpaired) electrons. The molecule has 24 heavy (non-hydrogen) atoms. The van der Waals surface area contributed by atoms with Crippen LogP contribution in [0.5, 0.6) is 0 Å². The average Bonchev–Trinajstić information content (AvgIpc) is 3.03. The molecule has 0 amide bonds. The quantitative estimate of drug-likeness (QED) is 0.514. The summed E-state index contributed by atoms with van der Waals surface area (Å²) in [5.41, 5.74) is 0.750. The van der Waals surface area contributed by atoms with Crippen molar-refractivity contribution < 1.29 is 28.5 Å². The van der Waals surface area contributed by atoms with E-state index in [2.05, 4.69) is 0 Å². The van der Waals surface area contributed by atoms with Crippen LogP contribution in [0.15, 0.2) is 11.3 Å². The predicted octanol–water partition coefficient (Wildman–Crippen LogP) is 1.62. The Kier molecular flexibility index (Phi) is 6.62. The zero-order chi connectivity index (χ0) is 17.6. The van der Waals surface area contributed by atoms with E-state index in [1.807, 2.05) is 11.8 Å². The van der Waals surface area contributed by atoms with Crippen LogP contribution in [0, 0.1) is 0 Å². The lowest BCUT2D eigenvalue weighted by molar-refractivity contribution is -0.147. The van der Waals surface area contributed by atoms with Crippen molar-refractivity contribution in [1.82, 2.24) is 4.90 Å². The highest BCUT2D eigenvalue weighted by Crippen LogP contribution is 2.27. The molecule has 0 aromatic carbocycles. The van der Waals surface area contributed by atoms with Crippen molar-refractivity contribution in [2.75, 3.05) is 40.5 Å². The van der Waals surface area contributed by atoms with Crippen LogP contribution in [-0.2, 0) is 28.5 Å². The van der Waals surface area contributed by atoms with Gasteiger partial charge in [-0.25, -0.2) is 9.59 Å². The molecule has 2 heterocycles. The van der Waals surface area contributed by atoms with Gasteiger partial charge in [0.25, 0.3) is 0 Å². The number of unbranched alkanes of at least 4 members (excludes halogenated alkanes) is 1. The second-order valence-corrected chi connectivity index (χ2v) is 6.19. The highest BCUT2D eigenvalue weighted by atomic mass is 16.7. The third-order valence-electron chi connectivity index (χ3n) is 4.47. The molecule has 2 aliphatic rings. The first-order valence-electron chi connectivity index (χ1n) is 8.43. The van der Waals surface area contributed by atoms with E-state index in [-0.39, 0.29) is 0 Å². The third kappa shape index (κ3) is 4.48. The zero-order valence-electron chi connectivity index (χ0n) is 14.8. The Bertz CT molecular complexity index is 495. The fourth-order valence-electron chi connectivity index (χ4n) is 3.21. The summed E-state index contributed by atoms with van der Waals surface area (Å²) in [4.78, 5) is 26.0. The zero-order valence-corrected chi connectivity index (χ0v) is 14.8. The van der Waals surface area contributed by atoms with Gasteiger partial charge in [0, 0.05) is 19.5 Å². The summed E-state index contributed by atoms with van der Waals surface area (Å²) in [6, 6.07) is 0. The van der Waals surface area contributed by atoms with Crippen LogP contribution in [0.25, 0.3) is 0 Å². The lowest BCUT2D eigenvalue weighted by Gasteiger charge is -2.31. The van der Waals surface area contributed by atoms with Gasteiger partial charge in [-0.3, -0.25) is 0 Å². The molecule has 0 unspecified atom stereocenters. The van der Waals surface area contributed by atoms with E-state index < -0.39 is 17.7 Å². The van der Waals surface area contributed by atoms with Gasteiger partial charge in [-0.2, -0.15) is 0 Å². The summed E-state index contributed by atoms with van der Waals surface area (Å²) >= 11 is 0. The van der Waals surface area contributed by atoms with Crippen LogP contribution in [0.1, 0.15) is 39.0 Å². The normalized spacial score (nSPS) is 20.2. The van der Waals surface area contributed by atoms with Crippen LogP contribution in [0.3, 0.4) is 0 Å². The van der Waals surface area contributed by atoms with Crippen LogP contribution in [0.4, 0.5) is 0 Å². The summed E-state index contributed by atoms with van der Waals surface area (Å²) < 4.78 is 20.9. The topological polar surface area (TPSA) is 74.3 Å². The van der Waals surface area contributed by atoms with Gasteiger partial charge in [-0.1, -0.05) is 0 Å². The van der Waals surface area contributed by atoms with Crippen molar-refractivity contribution in [1.29, 1.82) is 0 Å². The maximum atomic E-state index is 12.1. The predicted molar refractivity (Wildman–Crippen MR) is 86.0 cm³/mol. The number of nitrogens with zero attached hydrogens (tertiary/aromatic N) is 1. The molecular weight excluding hydrogens is 314 g/mol. The third-order valence-corrected chi connectivity index (χ3v) is 4.47. The lowest BCUT2D eigenvalue weighted by atomic mass is 10.0. The number of ether oxygens (including phenoxy) is 4.